The van der Waals surface area contributed by atoms with E-state index in [1.54, 1.807) is 0 Å². The zero-order valence-corrected chi connectivity index (χ0v) is 10.2. The molecule has 0 bridgehead atoms. The zero-order chi connectivity index (χ0) is 12.4. The molecule has 0 fully saturated rings. The topological polar surface area (TPSA) is 55.1 Å². The van der Waals surface area contributed by atoms with Gasteiger partial charge in [0.25, 0.3) is 0 Å². The second-order valence-electron chi connectivity index (χ2n) is 3.79. The van der Waals surface area contributed by atoms with Crippen LogP contribution in [0.3, 0.4) is 0 Å². The molecule has 1 atom stereocenters. The first-order valence-corrected chi connectivity index (χ1v) is 5.88. The van der Waals surface area contributed by atoms with Crippen molar-refractivity contribution >= 4 is 28.6 Å². The Morgan fingerprint density at radius 1 is 1.53 bits per heavy atom. The Bertz CT molecular complexity index is 550. The number of fused-ring (bicyclic) bond motifs is 1. The molecule has 4 nitrogen and oxygen atoms in total. The molecule has 1 aromatic carbocycles. The Labute approximate surface area is 104 Å². The minimum absolute atomic E-state index is 0.237. The van der Waals surface area contributed by atoms with E-state index in [4.69, 9.17) is 16.7 Å². The van der Waals surface area contributed by atoms with Crippen molar-refractivity contribution in [2.75, 3.05) is 0 Å². The third-order valence-corrected chi connectivity index (χ3v) is 2.99. The highest BCUT2D eigenvalue weighted by atomic mass is 35.5. The number of carbonyl (C=O) groups is 1. The van der Waals surface area contributed by atoms with E-state index >= 15 is 0 Å². The number of imidazole rings is 1. The number of hydrogen-bond donors (Lipinski definition) is 1. The number of halogens is 1. The lowest BCUT2D eigenvalue weighted by Crippen LogP contribution is -2.21. The molecule has 1 heterocycles. The molecule has 1 unspecified atom stereocenters. The highest BCUT2D eigenvalue weighted by Crippen LogP contribution is 2.18. The number of benzene rings is 1. The van der Waals surface area contributed by atoms with Gasteiger partial charge in [-0.05, 0) is 12.1 Å². The normalized spacial score (nSPS) is 12.8. The Kier molecular flexibility index (Phi) is 3.33. The number of rotatable bonds is 4. The van der Waals surface area contributed by atoms with Gasteiger partial charge in [-0.3, -0.25) is 4.79 Å². The van der Waals surface area contributed by atoms with Crippen molar-refractivity contribution in [2.45, 2.75) is 25.3 Å². The standard InChI is InChI=1S/C12H13ClN2O2/c1-2-11-14-9-5-3-4-6-10(9)15(11)7-8(13)12(16)17/h3-6,8H,2,7H2,1H3,(H,16,17). The number of alkyl halides is 1. The summed E-state index contributed by atoms with van der Waals surface area (Å²) in [5.74, 6) is -0.149. The fourth-order valence-corrected chi connectivity index (χ4v) is 1.98. The molecule has 0 saturated carbocycles. The molecule has 0 aliphatic heterocycles. The molecule has 1 N–H and O–H groups in total. The first-order valence-electron chi connectivity index (χ1n) is 5.44. The van der Waals surface area contributed by atoms with Crippen molar-refractivity contribution in [2.24, 2.45) is 0 Å². The van der Waals surface area contributed by atoms with Gasteiger partial charge in [0.05, 0.1) is 17.6 Å². The van der Waals surface area contributed by atoms with E-state index in [-0.39, 0.29) is 6.54 Å². The molecule has 0 radical (unpaired) electrons. The smallest absolute Gasteiger partial charge is 0.323 e. The largest absolute Gasteiger partial charge is 0.480 e. The van der Waals surface area contributed by atoms with Crippen molar-refractivity contribution in [1.29, 1.82) is 0 Å². The molecule has 0 aliphatic rings. The van der Waals surface area contributed by atoms with Crippen LogP contribution in [0, 0.1) is 0 Å². The lowest BCUT2D eigenvalue weighted by Gasteiger charge is -2.09. The summed E-state index contributed by atoms with van der Waals surface area (Å²) in [4.78, 5) is 15.3. The van der Waals surface area contributed by atoms with Gasteiger partial charge in [0.1, 0.15) is 11.2 Å². The molecule has 0 amide bonds. The van der Waals surface area contributed by atoms with Gasteiger partial charge in [0.15, 0.2) is 0 Å². The molecule has 0 aliphatic carbocycles. The Balaban J connectivity index is 2.46. The third-order valence-electron chi connectivity index (χ3n) is 2.66. The van der Waals surface area contributed by atoms with Crippen LogP contribution in [-0.2, 0) is 17.8 Å². The Morgan fingerprint density at radius 2 is 2.24 bits per heavy atom. The van der Waals surface area contributed by atoms with Crippen molar-refractivity contribution < 1.29 is 9.90 Å². The maximum Gasteiger partial charge on any atom is 0.323 e. The van der Waals surface area contributed by atoms with E-state index in [9.17, 15) is 4.79 Å². The summed E-state index contributed by atoms with van der Waals surface area (Å²) in [5, 5.41) is 7.92. The summed E-state index contributed by atoms with van der Waals surface area (Å²) in [6, 6.07) is 7.65. The fraction of sp³-hybridized carbons (Fsp3) is 0.333. The summed E-state index contributed by atoms with van der Waals surface area (Å²) < 4.78 is 1.88. The molecule has 90 valence electrons. The molecule has 0 saturated heterocycles. The summed E-state index contributed by atoms with van der Waals surface area (Å²) in [6.07, 6.45) is 0.748. The van der Waals surface area contributed by atoms with Gasteiger partial charge < -0.3 is 9.67 Å². The Morgan fingerprint density at radius 3 is 2.88 bits per heavy atom. The van der Waals surface area contributed by atoms with Gasteiger partial charge in [-0.25, -0.2) is 4.98 Å². The number of carboxylic acid groups (broad SMARTS) is 1. The van der Waals surface area contributed by atoms with Gasteiger partial charge in [-0.1, -0.05) is 19.1 Å². The number of nitrogens with zero attached hydrogens (tertiary/aromatic N) is 2. The van der Waals surface area contributed by atoms with Crippen LogP contribution in [0.1, 0.15) is 12.7 Å². The highest BCUT2D eigenvalue weighted by molar-refractivity contribution is 6.29. The second kappa shape index (κ2) is 4.75. The number of hydrogen-bond acceptors (Lipinski definition) is 2. The van der Waals surface area contributed by atoms with Crippen molar-refractivity contribution in [3.05, 3.63) is 30.1 Å². The molecular weight excluding hydrogens is 240 g/mol. The molecule has 0 spiro atoms. The molecule has 5 heteroatoms. The minimum Gasteiger partial charge on any atom is -0.480 e. The summed E-state index contributed by atoms with van der Waals surface area (Å²) in [7, 11) is 0. The second-order valence-corrected chi connectivity index (χ2v) is 4.31. The van der Waals surface area contributed by atoms with E-state index in [1.165, 1.54) is 0 Å². The van der Waals surface area contributed by atoms with Crippen molar-refractivity contribution in [3.63, 3.8) is 0 Å². The number of carboxylic acids is 1. The van der Waals surface area contributed by atoms with Crippen LogP contribution in [0.15, 0.2) is 24.3 Å². The molecule has 2 rings (SSSR count). The van der Waals surface area contributed by atoms with Gasteiger partial charge >= 0.3 is 5.97 Å². The van der Waals surface area contributed by atoms with E-state index in [1.807, 2.05) is 35.8 Å². The van der Waals surface area contributed by atoms with Crippen LogP contribution < -0.4 is 0 Å². The van der Waals surface area contributed by atoms with Crippen molar-refractivity contribution in [3.8, 4) is 0 Å². The van der Waals surface area contributed by atoms with Gasteiger partial charge in [-0.15, -0.1) is 11.6 Å². The maximum atomic E-state index is 10.8. The van der Waals surface area contributed by atoms with Crippen LogP contribution in [0.25, 0.3) is 11.0 Å². The average Bonchev–Trinajstić information content (AvgIpc) is 2.67. The maximum absolute atomic E-state index is 10.8. The first-order chi connectivity index (χ1) is 8.13. The van der Waals surface area contributed by atoms with Crippen LogP contribution in [0.2, 0.25) is 0 Å². The van der Waals surface area contributed by atoms with E-state index < -0.39 is 11.3 Å². The molecule has 1 aromatic heterocycles. The predicted molar refractivity (Wildman–Crippen MR) is 66.4 cm³/mol. The average molecular weight is 253 g/mol. The van der Waals surface area contributed by atoms with E-state index in [0.717, 1.165) is 23.3 Å². The Hall–Kier alpha value is -1.55. The monoisotopic (exact) mass is 252 g/mol. The predicted octanol–water partition coefficient (Wildman–Crippen LogP) is 2.29. The lowest BCUT2D eigenvalue weighted by molar-refractivity contribution is -0.136. The van der Waals surface area contributed by atoms with Gasteiger partial charge in [-0.2, -0.15) is 0 Å². The van der Waals surface area contributed by atoms with Gasteiger partial charge in [0.2, 0.25) is 0 Å². The first kappa shape index (κ1) is 11.9. The fourth-order valence-electron chi connectivity index (χ4n) is 1.84. The number of para-hydroxylation sites is 2. The minimum atomic E-state index is -1.01. The van der Waals surface area contributed by atoms with E-state index in [0.29, 0.717) is 0 Å². The number of aryl methyl sites for hydroxylation is 1. The number of aromatic nitrogens is 2. The summed E-state index contributed by atoms with van der Waals surface area (Å²) in [6.45, 7) is 2.22. The van der Waals surface area contributed by atoms with Crippen LogP contribution in [0.4, 0.5) is 0 Å². The molecule has 17 heavy (non-hydrogen) atoms. The van der Waals surface area contributed by atoms with Gasteiger partial charge in [0, 0.05) is 6.42 Å². The number of aliphatic carboxylic acids is 1. The molecule has 2 aromatic rings. The molecular formula is C12H13ClN2O2. The zero-order valence-electron chi connectivity index (χ0n) is 9.43. The summed E-state index contributed by atoms with van der Waals surface area (Å²) >= 11 is 5.79. The quantitative estimate of drug-likeness (QED) is 0.850. The van der Waals surface area contributed by atoms with Crippen LogP contribution in [-0.4, -0.2) is 26.0 Å². The third kappa shape index (κ3) is 2.26. The van der Waals surface area contributed by atoms with Crippen molar-refractivity contribution in [1.82, 2.24) is 9.55 Å². The van der Waals surface area contributed by atoms with Crippen LogP contribution in [0.5, 0.6) is 0 Å². The SMILES string of the molecule is CCc1nc2ccccc2n1CC(Cl)C(=O)O. The summed E-state index contributed by atoms with van der Waals surface area (Å²) in [5.41, 5.74) is 1.80. The van der Waals surface area contributed by atoms with Crippen LogP contribution >= 0.6 is 11.6 Å². The van der Waals surface area contributed by atoms with E-state index in [2.05, 4.69) is 4.98 Å². The lowest BCUT2D eigenvalue weighted by atomic mass is 10.3. The highest BCUT2D eigenvalue weighted by Gasteiger charge is 2.18.